The first-order valence-electron chi connectivity index (χ1n) is 8.24. The van der Waals surface area contributed by atoms with Crippen molar-refractivity contribution < 1.29 is 9.53 Å². The predicted molar refractivity (Wildman–Crippen MR) is 89.0 cm³/mol. The topological polar surface area (TPSA) is 41.6 Å². The summed E-state index contributed by atoms with van der Waals surface area (Å²) < 4.78 is 5.18. The van der Waals surface area contributed by atoms with E-state index in [0.29, 0.717) is 12.3 Å². The standard InChI is InChI=1S/C18H28N2O2/c1-4-17(15-5-7-16(22-3)8-6-15)19-18(21)13-14-9-11-20(2)12-10-14/h5-8,14,17H,4,9-13H2,1-3H3,(H,19,21)/t17-/m0/s1. The van der Waals surface area contributed by atoms with Gasteiger partial charge in [0.1, 0.15) is 5.75 Å². The number of piperidine rings is 1. The first-order valence-corrected chi connectivity index (χ1v) is 8.24. The van der Waals surface area contributed by atoms with E-state index in [4.69, 9.17) is 4.74 Å². The lowest BCUT2D eigenvalue weighted by Gasteiger charge is -2.29. The summed E-state index contributed by atoms with van der Waals surface area (Å²) in [4.78, 5) is 14.6. The highest BCUT2D eigenvalue weighted by Crippen LogP contribution is 2.22. The fraction of sp³-hybridized carbons (Fsp3) is 0.611. The lowest BCUT2D eigenvalue weighted by atomic mass is 9.93. The van der Waals surface area contributed by atoms with Crippen LogP contribution in [-0.2, 0) is 4.79 Å². The smallest absolute Gasteiger partial charge is 0.220 e. The Morgan fingerprint density at radius 2 is 1.95 bits per heavy atom. The van der Waals surface area contributed by atoms with Gasteiger partial charge in [-0.05, 0) is 63.0 Å². The lowest BCUT2D eigenvalue weighted by Crippen LogP contribution is -2.34. The lowest BCUT2D eigenvalue weighted by molar-refractivity contribution is -0.123. The van der Waals surface area contributed by atoms with Crippen LogP contribution in [0.5, 0.6) is 5.75 Å². The van der Waals surface area contributed by atoms with Crippen LogP contribution in [0.15, 0.2) is 24.3 Å². The molecule has 1 saturated heterocycles. The number of nitrogens with zero attached hydrogens (tertiary/aromatic N) is 1. The summed E-state index contributed by atoms with van der Waals surface area (Å²) >= 11 is 0. The normalized spacial score (nSPS) is 18.0. The molecule has 0 unspecified atom stereocenters. The zero-order chi connectivity index (χ0) is 15.9. The molecule has 0 saturated carbocycles. The minimum Gasteiger partial charge on any atom is -0.497 e. The van der Waals surface area contributed by atoms with Crippen molar-refractivity contribution in [3.63, 3.8) is 0 Å². The minimum atomic E-state index is 0.0877. The molecule has 4 nitrogen and oxygen atoms in total. The quantitative estimate of drug-likeness (QED) is 0.878. The Morgan fingerprint density at radius 1 is 1.32 bits per heavy atom. The Balaban J connectivity index is 1.87. The molecule has 1 heterocycles. The number of carbonyl (C=O) groups is 1. The van der Waals surface area contributed by atoms with Crippen molar-refractivity contribution in [2.75, 3.05) is 27.2 Å². The molecule has 22 heavy (non-hydrogen) atoms. The molecule has 0 aliphatic carbocycles. The molecule has 1 aromatic rings. The van der Waals surface area contributed by atoms with Crippen LogP contribution in [0.2, 0.25) is 0 Å². The summed E-state index contributed by atoms with van der Waals surface area (Å²) in [6, 6.07) is 8.04. The van der Waals surface area contributed by atoms with Crippen molar-refractivity contribution in [3.05, 3.63) is 29.8 Å². The third-order valence-corrected chi connectivity index (χ3v) is 4.57. The number of ether oxygens (including phenoxy) is 1. The van der Waals surface area contributed by atoms with Crippen molar-refractivity contribution in [2.45, 2.75) is 38.6 Å². The average molecular weight is 304 g/mol. The molecule has 1 amide bonds. The van der Waals surface area contributed by atoms with Gasteiger partial charge in [0.25, 0.3) is 0 Å². The van der Waals surface area contributed by atoms with Crippen molar-refractivity contribution >= 4 is 5.91 Å². The van der Waals surface area contributed by atoms with E-state index in [9.17, 15) is 4.79 Å². The van der Waals surface area contributed by atoms with Gasteiger partial charge in [-0.25, -0.2) is 0 Å². The molecule has 1 N–H and O–H groups in total. The van der Waals surface area contributed by atoms with E-state index in [-0.39, 0.29) is 11.9 Å². The largest absolute Gasteiger partial charge is 0.497 e. The second-order valence-electron chi connectivity index (χ2n) is 6.25. The number of carbonyl (C=O) groups excluding carboxylic acids is 1. The van der Waals surface area contributed by atoms with Crippen LogP contribution in [0.1, 0.15) is 44.2 Å². The molecule has 1 atom stereocenters. The molecule has 0 aromatic heterocycles. The summed E-state index contributed by atoms with van der Waals surface area (Å²) in [5, 5.41) is 3.19. The Bertz CT molecular complexity index is 464. The van der Waals surface area contributed by atoms with E-state index in [1.807, 2.05) is 24.3 Å². The fourth-order valence-electron chi connectivity index (χ4n) is 3.04. The number of hydrogen-bond donors (Lipinski definition) is 1. The van der Waals surface area contributed by atoms with E-state index >= 15 is 0 Å². The van der Waals surface area contributed by atoms with Gasteiger partial charge in [0.15, 0.2) is 0 Å². The fourth-order valence-corrected chi connectivity index (χ4v) is 3.04. The highest BCUT2D eigenvalue weighted by atomic mass is 16.5. The van der Waals surface area contributed by atoms with Crippen molar-refractivity contribution in [2.24, 2.45) is 5.92 Å². The molecule has 1 aliphatic rings. The molecule has 2 rings (SSSR count). The van der Waals surface area contributed by atoms with Gasteiger partial charge in [0, 0.05) is 6.42 Å². The molecule has 1 fully saturated rings. The summed E-state index contributed by atoms with van der Waals surface area (Å²) in [7, 11) is 3.81. The molecule has 122 valence electrons. The Hall–Kier alpha value is -1.55. The van der Waals surface area contributed by atoms with Crippen molar-refractivity contribution in [1.82, 2.24) is 10.2 Å². The Labute approximate surface area is 133 Å². The summed E-state index contributed by atoms with van der Waals surface area (Å²) in [6.07, 6.45) is 3.80. The van der Waals surface area contributed by atoms with Gasteiger partial charge in [-0.15, -0.1) is 0 Å². The first-order chi connectivity index (χ1) is 10.6. The van der Waals surface area contributed by atoms with Crippen LogP contribution in [-0.4, -0.2) is 38.1 Å². The van der Waals surface area contributed by atoms with Gasteiger partial charge in [-0.2, -0.15) is 0 Å². The van der Waals surface area contributed by atoms with Gasteiger partial charge in [0.2, 0.25) is 5.91 Å². The Morgan fingerprint density at radius 3 is 2.50 bits per heavy atom. The molecule has 4 heteroatoms. The zero-order valence-corrected chi connectivity index (χ0v) is 14.0. The third-order valence-electron chi connectivity index (χ3n) is 4.57. The van der Waals surface area contributed by atoms with Crippen LogP contribution in [0.25, 0.3) is 0 Å². The van der Waals surface area contributed by atoms with Crippen molar-refractivity contribution in [3.8, 4) is 5.75 Å². The van der Waals surface area contributed by atoms with E-state index in [2.05, 4.69) is 24.2 Å². The van der Waals surface area contributed by atoms with E-state index in [1.165, 1.54) is 0 Å². The van der Waals surface area contributed by atoms with Gasteiger partial charge >= 0.3 is 0 Å². The van der Waals surface area contributed by atoms with Gasteiger partial charge in [-0.3, -0.25) is 4.79 Å². The molecular weight excluding hydrogens is 276 g/mol. The number of likely N-dealkylation sites (tertiary alicyclic amines) is 1. The summed E-state index contributed by atoms with van der Waals surface area (Å²) in [5.41, 5.74) is 1.14. The average Bonchev–Trinajstić information content (AvgIpc) is 2.55. The number of rotatable bonds is 6. The van der Waals surface area contributed by atoms with Gasteiger partial charge in [0.05, 0.1) is 13.2 Å². The molecule has 1 aromatic carbocycles. The molecule has 0 bridgehead atoms. The number of amides is 1. The maximum absolute atomic E-state index is 12.3. The molecular formula is C18H28N2O2. The Kier molecular flexibility index (Phi) is 6.25. The maximum atomic E-state index is 12.3. The second kappa shape index (κ2) is 8.18. The summed E-state index contributed by atoms with van der Waals surface area (Å²) in [5.74, 6) is 1.55. The number of benzene rings is 1. The third kappa shape index (κ3) is 4.73. The highest BCUT2D eigenvalue weighted by molar-refractivity contribution is 5.76. The van der Waals surface area contributed by atoms with Crippen LogP contribution in [0.4, 0.5) is 0 Å². The summed E-state index contributed by atoms with van der Waals surface area (Å²) in [6.45, 7) is 4.31. The molecule has 1 aliphatic heterocycles. The van der Waals surface area contributed by atoms with Crippen LogP contribution in [0.3, 0.4) is 0 Å². The van der Waals surface area contributed by atoms with Gasteiger partial charge < -0.3 is 15.0 Å². The predicted octanol–water partition coefficient (Wildman–Crippen LogP) is 2.99. The highest BCUT2D eigenvalue weighted by Gasteiger charge is 2.21. The van der Waals surface area contributed by atoms with E-state index < -0.39 is 0 Å². The maximum Gasteiger partial charge on any atom is 0.220 e. The SMILES string of the molecule is CC[C@H](NC(=O)CC1CCN(C)CC1)c1ccc(OC)cc1. The monoisotopic (exact) mass is 304 g/mol. The van der Waals surface area contributed by atoms with Crippen LogP contribution >= 0.6 is 0 Å². The van der Waals surface area contributed by atoms with Crippen LogP contribution < -0.4 is 10.1 Å². The first kappa shape index (κ1) is 16.8. The van der Waals surface area contributed by atoms with E-state index in [1.54, 1.807) is 7.11 Å². The van der Waals surface area contributed by atoms with Crippen molar-refractivity contribution in [1.29, 1.82) is 0 Å². The van der Waals surface area contributed by atoms with Gasteiger partial charge in [-0.1, -0.05) is 19.1 Å². The minimum absolute atomic E-state index is 0.0877. The number of nitrogens with one attached hydrogen (secondary N) is 1. The number of methoxy groups -OCH3 is 1. The molecule has 0 radical (unpaired) electrons. The zero-order valence-electron chi connectivity index (χ0n) is 14.0. The second-order valence-corrected chi connectivity index (χ2v) is 6.25. The number of hydrogen-bond acceptors (Lipinski definition) is 3. The van der Waals surface area contributed by atoms with Crippen LogP contribution in [0, 0.1) is 5.92 Å². The molecule has 0 spiro atoms. The van der Waals surface area contributed by atoms with E-state index in [0.717, 1.165) is 43.7 Å².